The Bertz CT molecular complexity index is 709. The van der Waals surface area contributed by atoms with Gasteiger partial charge in [-0.15, -0.1) is 12.4 Å². The number of aromatic nitrogens is 2. The number of para-hydroxylation sites is 2. The maximum Gasteiger partial charge on any atom is 0.326 e. The summed E-state index contributed by atoms with van der Waals surface area (Å²) in [5.74, 6) is 2.13. The zero-order valence-corrected chi connectivity index (χ0v) is 14.3. The van der Waals surface area contributed by atoms with E-state index >= 15 is 0 Å². The zero-order valence-electron chi connectivity index (χ0n) is 12.7. The smallest absolute Gasteiger partial charge is 0.326 e. The van der Waals surface area contributed by atoms with Crippen LogP contribution in [0.3, 0.4) is 0 Å². The van der Waals surface area contributed by atoms with Gasteiger partial charge in [0.05, 0.1) is 11.0 Å². The zero-order chi connectivity index (χ0) is 15.4. The number of nitrogens with one attached hydrogen (secondary N) is 3. The highest BCUT2D eigenvalue weighted by Crippen LogP contribution is 2.10. The number of imidazole rings is 1. The Labute approximate surface area is 144 Å². The molecular weight excluding hydrogens is 336 g/mol. The third-order valence-corrected chi connectivity index (χ3v) is 4.90. The largest absolute Gasteiger partial charge is 0.354 e. The SMILES string of the molecule is Cl.O=C(CC1CSCCN1)NCCn1c(=O)[nH]c2ccccc21. The first kappa shape index (κ1) is 17.9. The minimum Gasteiger partial charge on any atom is -0.354 e. The standard InChI is InChI=1S/C15H20N4O2S.ClH/c20-14(9-11-10-22-8-6-16-11)17-5-7-19-13-4-2-1-3-12(13)18-15(19)21;/h1-4,11,16H,5-10H2,(H,17,20)(H,18,21);1H. The third-order valence-electron chi connectivity index (χ3n) is 3.77. The first-order valence-corrected chi connectivity index (χ1v) is 8.65. The van der Waals surface area contributed by atoms with Crippen LogP contribution in [0.2, 0.25) is 0 Å². The summed E-state index contributed by atoms with van der Waals surface area (Å²) in [6, 6.07) is 7.82. The summed E-state index contributed by atoms with van der Waals surface area (Å²) in [5, 5.41) is 6.24. The summed E-state index contributed by atoms with van der Waals surface area (Å²) in [6.45, 7) is 1.90. The van der Waals surface area contributed by atoms with Gasteiger partial charge in [-0.1, -0.05) is 12.1 Å². The average Bonchev–Trinajstić information content (AvgIpc) is 2.84. The second-order valence-electron chi connectivity index (χ2n) is 5.38. The molecule has 0 aliphatic carbocycles. The molecule has 1 unspecified atom stereocenters. The number of thioether (sulfide) groups is 1. The van der Waals surface area contributed by atoms with E-state index in [9.17, 15) is 9.59 Å². The van der Waals surface area contributed by atoms with Gasteiger partial charge in [0.15, 0.2) is 0 Å². The van der Waals surface area contributed by atoms with Crippen molar-refractivity contribution in [1.82, 2.24) is 20.2 Å². The second-order valence-corrected chi connectivity index (χ2v) is 6.53. The Morgan fingerprint density at radius 2 is 2.22 bits per heavy atom. The molecule has 6 nitrogen and oxygen atoms in total. The lowest BCUT2D eigenvalue weighted by Gasteiger charge is -2.22. The van der Waals surface area contributed by atoms with Crippen LogP contribution in [0, 0.1) is 0 Å². The van der Waals surface area contributed by atoms with Crippen molar-refractivity contribution in [3.8, 4) is 0 Å². The Morgan fingerprint density at radius 1 is 1.39 bits per heavy atom. The Morgan fingerprint density at radius 3 is 3.00 bits per heavy atom. The molecule has 1 aliphatic heterocycles. The summed E-state index contributed by atoms with van der Waals surface area (Å²) in [6.07, 6.45) is 0.496. The Hall–Kier alpha value is -1.44. The first-order chi connectivity index (χ1) is 10.7. The van der Waals surface area contributed by atoms with Gasteiger partial charge in [-0.2, -0.15) is 11.8 Å². The molecule has 0 radical (unpaired) electrons. The maximum atomic E-state index is 11.9. The third kappa shape index (κ3) is 4.53. The number of hydrogen-bond donors (Lipinski definition) is 3. The molecule has 0 spiro atoms. The number of benzene rings is 1. The van der Waals surface area contributed by atoms with E-state index < -0.39 is 0 Å². The number of rotatable bonds is 5. The van der Waals surface area contributed by atoms with E-state index in [1.807, 2.05) is 36.0 Å². The fourth-order valence-corrected chi connectivity index (χ4v) is 3.63. The van der Waals surface area contributed by atoms with E-state index in [1.54, 1.807) is 4.57 Å². The predicted octanol–water partition coefficient (Wildman–Crippen LogP) is 0.963. The van der Waals surface area contributed by atoms with Crippen molar-refractivity contribution in [2.45, 2.75) is 19.0 Å². The molecular formula is C15H21ClN4O2S. The summed E-state index contributed by atoms with van der Waals surface area (Å²) in [4.78, 5) is 26.7. The molecule has 1 atom stereocenters. The highest BCUT2D eigenvalue weighted by Gasteiger charge is 2.16. The molecule has 1 amide bonds. The van der Waals surface area contributed by atoms with Crippen molar-refractivity contribution in [1.29, 1.82) is 0 Å². The van der Waals surface area contributed by atoms with Crippen LogP contribution in [-0.2, 0) is 11.3 Å². The molecule has 1 fully saturated rings. The van der Waals surface area contributed by atoms with Crippen LogP contribution in [0.25, 0.3) is 11.0 Å². The highest BCUT2D eigenvalue weighted by molar-refractivity contribution is 7.99. The fourth-order valence-electron chi connectivity index (χ4n) is 2.68. The average molecular weight is 357 g/mol. The number of nitrogens with zero attached hydrogens (tertiary/aromatic N) is 1. The van der Waals surface area contributed by atoms with Crippen molar-refractivity contribution < 1.29 is 4.79 Å². The van der Waals surface area contributed by atoms with E-state index in [2.05, 4.69) is 15.6 Å². The minimum atomic E-state index is -0.138. The van der Waals surface area contributed by atoms with Crippen molar-refractivity contribution in [3.05, 3.63) is 34.7 Å². The normalized spacial score (nSPS) is 17.7. The number of carbonyl (C=O) groups excluding carboxylic acids is 1. The Kier molecular flexibility index (Phi) is 6.56. The first-order valence-electron chi connectivity index (χ1n) is 7.49. The molecule has 1 saturated heterocycles. The summed E-state index contributed by atoms with van der Waals surface area (Å²) < 4.78 is 1.66. The molecule has 1 aromatic carbocycles. The molecule has 1 aliphatic rings. The number of amides is 1. The molecule has 126 valence electrons. The molecule has 3 rings (SSSR count). The van der Waals surface area contributed by atoms with E-state index in [0.717, 1.165) is 29.1 Å². The van der Waals surface area contributed by atoms with E-state index in [-0.39, 0.29) is 30.0 Å². The van der Waals surface area contributed by atoms with Gasteiger partial charge < -0.3 is 15.6 Å². The molecule has 8 heteroatoms. The lowest BCUT2D eigenvalue weighted by Crippen LogP contribution is -2.41. The van der Waals surface area contributed by atoms with Crippen molar-refractivity contribution in [2.24, 2.45) is 0 Å². The fraction of sp³-hybridized carbons (Fsp3) is 0.467. The van der Waals surface area contributed by atoms with Gasteiger partial charge in [0.25, 0.3) is 0 Å². The molecule has 0 saturated carbocycles. The molecule has 23 heavy (non-hydrogen) atoms. The lowest BCUT2D eigenvalue weighted by atomic mass is 10.2. The van der Waals surface area contributed by atoms with E-state index in [0.29, 0.717) is 19.5 Å². The second kappa shape index (κ2) is 8.42. The number of halogens is 1. The number of aromatic amines is 1. The van der Waals surface area contributed by atoms with Gasteiger partial charge in [0.1, 0.15) is 0 Å². The molecule has 2 aromatic rings. The van der Waals surface area contributed by atoms with Crippen molar-refractivity contribution >= 4 is 41.1 Å². The molecule has 3 N–H and O–H groups in total. The molecule has 1 aromatic heterocycles. The van der Waals surface area contributed by atoms with Gasteiger partial charge >= 0.3 is 5.69 Å². The van der Waals surface area contributed by atoms with Gasteiger partial charge in [-0.25, -0.2) is 4.79 Å². The molecule has 2 heterocycles. The predicted molar refractivity (Wildman–Crippen MR) is 96.5 cm³/mol. The summed E-state index contributed by atoms with van der Waals surface area (Å²) >= 11 is 1.88. The van der Waals surface area contributed by atoms with Crippen LogP contribution in [0.1, 0.15) is 6.42 Å². The quantitative estimate of drug-likeness (QED) is 0.745. The topological polar surface area (TPSA) is 78.9 Å². The number of carbonyl (C=O) groups is 1. The van der Waals surface area contributed by atoms with E-state index in [4.69, 9.17) is 0 Å². The number of H-pyrrole nitrogens is 1. The van der Waals surface area contributed by atoms with Crippen LogP contribution in [0.15, 0.2) is 29.1 Å². The van der Waals surface area contributed by atoms with Crippen molar-refractivity contribution in [3.63, 3.8) is 0 Å². The van der Waals surface area contributed by atoms with Crippen LogP contribution >= 0.6 is 24.2 Å². The highest BCUT2D eigenvalue weighted by atomic mass is 35.5. The minimum absolute atomic E-state index is 0. The monoisotopic (exact) mass is 356 g/mol. The van der Waals surface area contributed by atoms with Crippen LogP contribution in [0.4, 0.5) is 0 Å². The maximum absolute atomic E-state index is 11.9. The van der Waals surface area contributed by atoms with Crippen LogP contribution < -0.4 is 16.3 Å². The molecule has 0 bridgehead atoms. The van der Waals surface area contributed by atoms with Gasteiger partial charge in [-0.05, 0) is 12.1 Å². The number of fused-ring (bicyclic) bond motifs is 1. The lowest BCUT2D eigenvalue weighted by molar-refractivity contribution is -0.121. The van der Waals surface area contributed by atoms with Gasteiger partial charge in [-0.3, -0.25) is 9.36 Å². The van der Waals surface area contributed by atoms with Crippen molar-refractivity contribution in [2.75, 3.05) is 24.6 Å². The summed E-state index contributed by atoms with van der Waals surface area (Å²) in [7, 11) is 0. The van der Waals surface area contributed by atoms with Gasteiger partial charge in [0.2, 0.25) is 5.91 Å². The van der Waals surface area contributed by atoms with Crippen LogP contribution in [-0.4, -0.2) is 46.1 Å². The number of hydrogen-bond acceptors (Lipinski definition) is 4. The summed E-state index contributed by atoms with van der Waals surface area (Å²) in [5.41, 5.74) is 1.55. The van der Waals surface area contributed by atoms with Gasteiger partial charge in [0, 0.05) is 43.6 Å². The van der Waals surface area contributed by atoms with E-state index in [1.165, 1.54) is 0 Å². The van der Waals surface area contributed by atoms with Crippen LogP contribution in [0.5, 0.6) is 0 Å². The Balaban J connectivity index is 0.00000192.